The van der Waals surface area contributed by atoms with Crippen LogP contribution >= 0.6 is 0 Å². The summed E-state index contributed by atoms with van der Waals surface area (Å²) in [6.07, 6.45) is 3.68. The van der Waals surface area contributed by atoms with Gasteiger partial charge in [0.15, 0.2) is 0 Å². The molecule has 0 radical (unpaired) electrons. The third-order valence-electron chi connectivity index (χ3n) is 2.69. The van der Waals surface area contributed by atoms with Gasteiger partial charge < -0.3 is 10.2 Å². The Morgan fingerprint density at radius 3 is 1.87 bits per heavy atom. The van der Waals surface area contributed by atoms with Crippen molar-refractivity contribution in [1.29, 1.82) is 0 Å². The smallest absolute Gasteiger partial charge is 0.0431 e. The number of aliphatic hydroxyl groups excluding tert-OH is 2. The molecule has 2 heteroatoms. The van der Waals surface area contributed by atoms with Crippen molar-refractivity contribution in [2.24, 2.45) is 0 Å². The first kappa shape index (κ1) is 12.2. The highest BCUT2D eigenvalue weighted by Crippen LogP contribution is 2.25. The van der Waals surface area contributed by atoms with Gasteiger partial charge in [-0.2, -0.15) is 0 Å². The lowest BCUT2D eigenvalue weighted by Gasteiger charge is -2.16. The van der Waals surface area contributed by atoms with E-state index in [4.69, 9.17) is 10.2 Å². The van der Waals surface area contributed by atoms with Crippen molar-refractivity contribution >= 4 is 0 Å². The minimum absolute atomic E-state index is 0.252. The Kier molecular flexibility index (Phi) is 6.05. The molecule has 0 heterocycles. The normalized spacial score (nSPS) is 10.9. The first-order valence-electron chi connectivity index (χ1n) is 5.65. The SMILES string of the molecule is OCCCC(CCCO)c1ccccc1. The van der Waals surface area contributed by atoms with Gasteiger partial charge in [-0.3, -0.25) is 0 Å². The molecule has 1 rings (SSSR count). The van der Waals surface area contributed by atoms with Crippen LogP contribution in [0.15, 0.2) is 30.3 Å². The summed E-state index contributed by atoms with van der Waals surface area (Å²) in [4.78, 5) is 0. The van der Waals surface area contributed by atoms with Crippen molar-refractivity contribution in [1.82, 2.24) is 0 Å². The summed E-state index contributed by atoms with van der Waals surface area (Å²) in [7, 11) is 0. The molecule has 0 unspecified atom stereocenters. The molecular formula is C13H20O2. The Labute approximate surface area is 91.6 Å². The van der Waals surface area contributed by atoms with E-state index in [2.05, 4.69) is 12.1 Å². The average molecular weight is 208 g/mol. The Bertz CT molecular complexity index is 238. The van der Waals surface area contributed by atoms with Crippen LogP contribution in [-0.2, 0) is 0 Å². The standard InChI is InChI=1S/C13H20O2/c14-10-4-8-13(9-5-11-15)12-6-2-1-3-7-12/h1-3,6-7,13-15H,4-5,8-11H2. The Morgan fingerprint density at radius 2 is 1.40 bits per heavy atom. The minimum atomic E-state index is 0.252. The second-order valence-corrected chi connectivity index (χ2v) is 3.84. The van der Waals surface area contributed by atoms with Crippen LogP contribution in [0.1, 0.15) is 37.2 Å². The van der Waals surface area contributed by atoms with Gasteiger partial charge in [0.25, 0.3) is 0 Å². The average Bonchev–Trinajstić information content (AvgIpc) is 2.30. The van der Waals surface area contributed by atoms with Crippen molar-refractivity contribution in [3.8, 4) is 0 Å². The number of aliphatic hydroxyl groups is 2. The van der Waals surface area contributed by atoms with Gasteiger partial charge in [0.2, 0.25) is 0 Å². The summed E-state index contributed by atoms with van der Waals surface area (Å²) >= 11 is 0. The van der Waals surface area contributed by atoms with Gasteiger partial charge in [-0.1, -0.05) is 30.3 Å². The molecule has 0 saturated carbocycles. The van der Waals surface area contributed by atoms with E-state index in [-0.39, 0.29) is 13.2 Å². The van der Waals surface area contributed by atoms with Gasteiger partial charge in [0, 0.05) is 13.2 Å². The Hall–Kier alpha value is -0.860. The van der Waals surface area contributed by atoms with Gasteiger partial charge in [0.1, 0.15) is 0 Å². The maximum atomic E-state index is 8.84. The third kappa shape index (κ3) is 4.45. The van der Waals surface area contributed by atoms with Crippen LogP contribution in [0.5, 0.6) is 0 Å². The summed E-state index contributed by atoms with van der Waals surface area (Å²) in [5, 5.41) is 17.7. The molecule has 2 N–H and O–H groups in total. The molecule has 1 aromatic carbocycles. The molecule has 0 aliphatic carbocycles. The van der Waals surface area contributed by atoms with E-state index in [1.54, 1.807) is 0 Å². The zero-order chi connectivity index (χ0) is 10.9. The summed E-state index contributed by atoms with van der Waals surface area (Å²) in [6, 6.07) is 10.3. The Morgan fingerprint density at radius 1 is 0.867 bits per heavy atom. The molecule has 0 amide bonds. The molecule has 0 atom stereocenters. The van der Waals surface area contributed by atoms with Gasteiger partial charge in [-0.05, 0) is 37.2 Å². The van der Waals surface area contributed by atoms with E-state index in [9.17, 15) is 0 Å². The number of benzene rings is 1. The topological polar surface area (TPSA) is 40.5 Å². The molecule has 0 saturated heterocycles. The number of hydrogen-bond acceptors (Lipinski definition) is 2. The minimum Gasteiger partial charge on any atom is -0.396 e. The summed E-state index contributed by atoms with van der Waals surface area (Å²) < 4.78 is 0. The van der Waals surface area contributed by atoms with E-state index >= 15 is 0 Å². The van der Waals surface area contributed by atoms with E-state index in [0.717, 1.165) is 25.7 Å². The van der Waals surface area contributed by atoms with Gasteiger partial charge in [-0.25, -0.2) is 0 Å². The molecule has 0 bridgehead atoms. The highest BCUT2D eigenvalue weighted by Gasteiger charge is 2.09. The van der Waals surface area contributed by atoms with Crippen LogP contribution in [0.3, 0.4) is 0 Å². The highest BCUT2D eigenvalue weighted by molar-refractivity contribution is 5.19. The number of rotatable bonds is 7. The Balaban J connectivity index is 2.55. The van der Waals surface area contributed by atoms with E-state index in [0.29, 0.717) is 5.92 Å². The van der Waals surface area contributed by atoms with Crippen LogP contribution in [0.4, 0.5) is 0 Å². The zero-order valence-electron chi connectivity index (χ0n) is 9.10. The quantitative estimate of drug-likeness (QED) is 0.722. The molecule has 0 aromatic heterocycles. The van der Waals surface area contributed by atoms with Crippen molar-refractivity contribution in [3.63, 3.8) is 0 Å². The van der Waals surface area contributed by atoms with Crippen molar-refractivity contribution < 1.29 is 10.2 Å². The van der Waals surface area contributed by atoms with Crippen molar-refractivity contribution in [2.75, 3.05) is 13.2 Å². The fourth-order valence-corrected chi connectivity index (χ4v) is 1.88. The first-order chi connectivity index (χ1) is 7.38. The zero-order valence-corrected chi connectivity index (χ0v) is 9.10. The third-order valence-corrected chi connectivity index (χ3v) is 2.69. The lowest BCUT2D eigenvalue weighted by atomic mass is 9.90. The van der Waals surface area contributed by atoms with Crippen LogP contribution in [0, 0.1) is 0 Å². The largest absolute Gasteiger partial charge is 0.396 e. The fraction of sp³-hybridized carbons (Fsp3) is 0.538. The monoisotopic (exact) mass is 208 g/mol. The van der Waals surface area contributed by atoms with Crippen LogP contribution in [-0.4, -0.2) is 23.4 Å². The van der Waals surface area contributed by atoms with E-state index in [1.807, 2.05) is 18.2 Å². The highest BCUT2D eigenvalue weighted by atomic mass is 16.3. The summed E-state index contributed by atoms with van der Waals surface area (Å²) in [5.41, 5.74) is 1.32. The molecule has 0 spiro atoms. The van der Waals surface area contributed by atoms with Crippen LogP contribution in [0.2, 0.25) is 0 Å². The molecular weight excluding hydrogens is 188 g/mol. The van der Waals surface area contributed by atoms with Crippen LogP contribution < -0.4 is 0 Å². The van der Waals surface area contributed by atoms with Crippen LogP contribution in [0.25, 0.3) is 0 Å². The lowest BCUT2D eigenvalue weighted by Crippen LogP contribution is -2.01. The molecule has 1 aromatic rings. The summed E-state index contributed by atoms with van der Waals surface area (Å²) in [6.45, 7) is 0.505. The van der Waals surface area contributed by atoms with Gasteiger partial charge in [0.05, 0.1) is 0 Å². The molecule has 0 aliphatic rings. The molecule has 84 valence electrons. The fourth-order valence-electron chi connectivity index (χ4n) is 1.88. The first-order valence-corrected chi connectivity index (χ1v) is 5.65. The predicted octanol–water partition coefficient (Wildman–Crippen LogP) is 2.32. The summed E-state index contributed by atoms with van der Waals surface area (Å²) in [5.74, 6) is 0.477. The maximum absolute atomic E-state index is 8.84. The molecule has 15 heavy (non-hydrogen) atoms. The molecule has 0 fully saturated rings. The van der Waals surface area contributed by atoms with E-state index in [1.165, 1.54) is 5.56 Å². The van der Waals surface area contributed by atoms with Gasteiger partial charge >= 0.3 is 0 Å². The predicted molar refractivity (Wildman–Crippen MR) is 61.8 cm³/mol. The lowest BCUT2D eigenvalue weighted by molar-refractivity contribution is 0.264. The van der Waals surface area contributed by atoms with Crippen molar-refractivity contribution in [2.45, 2.75) is 31.6 Å². The number of hydrogen-bond donors (Lipinski definition) is 2. The van der Waals surface area contributed by atoms with E-state index < -0.39 is 0 Å². The second-order valence-electron chi connectivity index (χ2n) is 3.84. The second kappa shape index (κ2) is 7.43. The van der Waals surface area contributed by atoms with Gasteiger partial charge in [-0.15, -0.1) is 0 Å². The maximum Gasteiger partial charge on any atom is 0.0431 e. The molecule has 0 aliphatic heterocycles. The van der Waals surface area contributed by atoms with Crippen molar-refractivity contribution in [3.05, 3.63) is 35.9 Å². The molecule has 2 nitrogen and oxygen atoms in total.